The molecule has 0 N–H and O–H groups in total. The molecule has 2 aliphatic rings. The standard InChI is InChI=1S/C20H19N3O4S/c24-20(23-8-10-28(25,26)11-9-23)15-12-16(13-6-7-13)21-19-17(15)18(22-27-19)14-4-2-1-3-5-14/h1-5,12-13H,6-11H2. The average Bonchev–Trinajstić information content (AvgIpc) is 3.47. The first-order valence-electron chi connectivity index (χ1n) is 9.37. The first kappa shape index (κ1) is 17.4. The number of fused-ring (bicyclic) bond motifs is 1. The summed E-state index contributed by atoms with van der Waals surface area (Å²) >= 11 is 0. The number of sulfone groups is 1. The van der Waals surface area contributed by atoms with E-state index < -0.39 is 9.84 Å². The molecule has 3 aromatic rings. The summed E-state index contributed by atoms with van der Waals surface area (Å²) in [5.41, 5.74) is 3.12. The molecule has 28 heavy (non-hydrogen) atoms. The van der Waals surface area contributed by atoms with Gasteiger partial charge in [0.05, 0.1) is 22.5 Å². The van der Waals surface area contributed by atoms with Gasteiger partial charge in [0.1, 0.15) is 5.69 Å². The molecule has 1 aliphatic heterocycles. The van der Waals surface area contributed by atoms with Crippen LogP contribution in [0.3, 0.4) is 0 Å². The Bertz CT molecular complexity index is 1150. The zero-order valence-corrected chi connectivity index (χ0v) is 16.0. The summed E-state index contributed by atoms with van der Waals surface area (Å²) in [5, 5.41) is 4.79. The molecule has 0 atom stereocenters. The Morgan fingerprint density at radius 1 is 1.11 bits per heavy atom. The maximum atomic E-state index is 13.3. The van der Waals surface area contributed by atoms with E-state index in [-0.39, 0.29) is 30.5 Å². The van der Waals surface area contributed by atoms with Gasteiger partial charge in [0.2, 0.25) is 0 Å². The summed E-state index contributed by atoms with van der Waals surface area (Å²) in [6, 6.07) is 11.4. The Morgan fingerprint density at radius 2 is 1.82 bits per heavy atom. The number of aromatic nitrogens is 2. The van der Waals surface area contributed by atoms with Gasteiger partial charge in [0, 0.05) is 30.3 Å². The van der Waals surface area contributed by atoms with Crippen LogP contribution >= 0.6 is 0 Å². The van der Waals surface area contributed by atoms with E-state index in [1.165, 1.54) is 0 Å². The van der Waals surface area contributed by atoms with Crippen molar-refractivity contribution in [3.63, 3.8) is 0 Å². The monoisotopic (exact) mass is 397 g/mol. The van der Waals surface area contributed by atoms with Crippen molar-refractivity contribution in [2.75, 3.05) is 24.6 Å². The molecule has 1 saturated carbocycles. The molecule has 0 radical (unpaired) electrons. The third kappa shape index (κ3) is 3.07. The fourth-order valence-electron chi connectivity index (χ4n) is 3.61. The van der Waals surface area contributed by atoms with Gasteiger partial charge in [-0.2, -0.15) is 0 Å². The van der Waals surface area contributed by atoms with Gasteiger partial charge < -0.3 is 9.42 Å². The van der Waals surface area contributed by atoms with Gasteiger partial charge in [0.25, 0.3) is 11.6 Å². The quantitative estimate of drug-likeness (QED) is 0.674. The third-order valence-electron chi connectivity index (χ3n) is 5.37. The summed E-state index contributed by atoms with van der Waals surface area (Å²) in [5.74, 6) is 0.155. The molecular formula is C20H19N3O4S. The fourth-order valence-corrected chi connectivity index (χ4v) is 4.81. The molecule has 8 heteroatoms. The Labute approximate surface area is 162 Å². The topological polar surface area (TPSA) is 93.4 Å². The molecule has 1 amide bonds. The van der Waals surface area contributed by atoms with Crippen LogP contribution in [0.4, 0.5) is 0 Å². The zero-order chi connectivity index (χ0) is 19.3. The van der Waals surface area contributed by atoms with Gasteiger partial charge in [-0.1, -0.05) is 35.5 Å². The summed E-state index contributed by atoms with van der Waals surface area (Å²) < 4.78 is 29.0. The van der Waals surface area contributed by atoms with Gasteiger partial charge in [-0.25, -0.2) is 13.4 Å². The minimum absolute atomic E-state index is 0.00235. The van der Waals surface area contributed by atoms with Crippen molar-refractivity contribution in [2.24, 2.45) is 0 Å². The third-order valence-corrected chi connectivity index (χ3v) is 6.98. The smallest absolute Gasteiger partial charge is 0.259 e. The summed E-state index contributed by atoms with van der Waals surface area (Å²) in [4.78, 5) is 19.5. The van der Waals surface area contributed by atoms with Crippen molar-refractivity contribution in [3.05, 3.63) is 47.7 Å². The molecule has 0 spiro atoms. The van der Waals surface area contributed by atoms with Crippen molar-refractivity contribution < 1.29 is 17.7 Å². The van der Waals surface area contributed by atoms with Crippen LogP contribution in [0, 0.1) is 0 Å². The van der Waals surface area contributed by atoms with E-state index in [1.807, 2.05) is 36.4 Å². The van der Waals surface area contributed by atoms with Gasteiger partial charge in [-0.3, -0.25) is 4.79 Å². The zero-order valence-electron chi connectivity index (χ0n) is 15.2. The minimum Gasteiger partial charge on any atom is -0.337 e. The Kier molecular flexibility index (Phi) is 3.97. The molecular weight excluding hydrogens is 378 g/mol. The second kappa shape index (κ2) is 6.41. The molecule has 1 aromatic carbocycles. The lowest BCUT2D eigenvalue weighted by Crippen LogP contribution is -2.43. The minimum atomic E-state index is -3.06. The van der Waals surface area contributed by atoms with Crippen LogP contribution in [0.5, 0.6) is 0 Å². The van der Waals surface area contributed by atoms with E-state index in [1.54, 1.807) is 4.90 Å². The Balaban J connectivity index is 1.63. The maximum absolute atomic E-state index is 13.3. The highest BCUT2D eigenvalue weighted by Crippen LogP contribution is 2.41. The largest absolute Gasteiger partial charge is 0.337 e. The lowest BCUT2D eigenvalue weighted by Gasteiger charge is -2.27. The number of rotatable bonds is 3. The number of amides is 1. The fraction of sp³-hybridized carbons (Fsp3) is 0.350. The second-order valence-electron chi connectivity index (χ2n) is 7.39. The maximum Gasteiger partial charge on any atom is 0.259 e. The molecule has 3 heterocycles. The van der Waals surface area contributed by atoms with E-state index in [0.29, 0.717) is 28.3 Å². The molecule has 144 valence electrons. The number of benzene rings is 1. The summed E-state index contributed by atoms with van der Waals surface area (Å²) in [7, 11) is -3.06. The highest BCUT2D eigenvalue weighted by atomic mass is 32.2. The van der Waals surface area contributed by atoms with Crippen LogP contribution in [0.1, 0.15) is 34.8 Å². The van der Waals surface area contributed by atoms with Crippen molar-refractivity contribution in [3.8, 4) is 11.3 Å². The van der Waals surface area contributed by atoms with Crippen molar-refractivity contribution in [1.29, 1.82) is 0 Å². The molecule has 5 rings (SSSR count). The van der Waals surface area contributed by atoms with Crippen molar-refractivity contribution in [1.82, 2.24) is 15.0 Å². The molecule has 1 aliphatic carbocycles. The SMILES string of the molecule is O=C(c1cc(C2CC2)nc2onc(-c3ccccc3)c12)N1CCS(=O)(=O)CC1. The van der Waals surface area contributed by atoms with E-state index in [4.69, 9.17) is 4.52 Å². The van der Waals surface area contributed by atoms with Gasteiger partial charge >= 0.3 is 0 Å². The number of carbonyl (C=O) groups excluding carboxylic acids is 1. The van der Waals surface area contributed by atoms with Gasteiger partial charge in [-0.15, -0.1) is 0 Å². The number of nitrogens with zero attached hydrogens (tertiary/aromatic N) is 3. The highest BCUT2D eigenvalue weighted by Gasteiger charge is 2.32. The molecule has 7 nitrogen and oxygen atoms in total. The first-order chi connectivity index (χ1) is 13.5. The lowest BCUT2D eigenvalue weighted by molar-refractivity contribution is 0.0772. The van der Waals surface area contributed by atoms with E-state index in [2.05, 4.69) is 10.1 Å². The van der Waals surface area contributed by atoms with Crippen molar-refractivity contribution >= 4 is 26.8 Å². The molecule has 0 bridgehead atoms. The van der Waals surface area contributed by atoms with Crippen LogP contribution in [0.15, 0.2) is 40.9 Å². The van der Waals surface area contributed by atoms with E-state index in [9.17, 15) is 13.2 Å². The highest BCUT2D eigenvalue weighted by molar-refractivity contribution is 7.91. The molecule has 0 unspecified atom stereocenters. The van der Waals surface area contributed by atoms with E-state index in [0.717, 1.165) is 24.1 Å². The van der Waals surface area contributed by atoms with Crippen LogP contribution in [-0.2, 0) is 9.84 Å². The Hall–Kier alpha value is -2.74. The summed E-state index contributed by atoms with van der Waals surface area (Å²) in [6.07, 6.45) is 2.10. The summed E-state index contributed by atoms with van der Waals surface area (Å²) in [6.45, 7) is 0.408. The number of hydrogen-bond acceptors (Lipinski definition) is 6. The van der Waals surface area contributed by atoms with Crippen LogP contribution in [0.25, 0.3) is 22.4 Å². The van der Waals surface area contributed by atoms with Crippen LogP contribution in [0.2, 0.25) is 0 Å². The Morgan fingerprint density at radius 3 is 2.50 bits per heavy atom. The number of pyridine rings is 1. The normalized spacial score (nSPS) is 19.1. The average molecular weight is 397 g/mol. The molecule has 2 fully saturated rings. The van der Waals surface area contributed by atoms with Gasteiger partial charge in [0.15, 0.2) is 9.84 Å². The van der Waals surface area contributed by atoms with E-state index >= 15 is 0 Å². The number of carbonyl (C=O) groups is 1. The van der Waals surface area contributed by atoms with Crippen LogP contribution < -0.4 is 0 Å². The lowest BCUT2D eigenvalue weighted by atomic mass is 10.0. The number of hydrogen-bond donors (Lipinski definition) is 0. The van der Waals surface area contributed by atoms with Gasteiger partial charge in [-0.05, 0) is 18.9 Å². The van der Waals surface area contributed by atoms with Crippen LogP contribution in [-0.4, -0.2) is 54.0 Å². The van der Waals surface area contributed by atoms with Crippen molar-refractivity contribution in [2.45, 2.75) is 18.8 Å². The molecule has 1 saturated heterocycles. The predicted molar refractivity (Wildman–Crippen MR) is 104 cm³/mol. The molecule has 2 aromatic heterocycles. The second-order valence-corrected chi connectivity index (χ2v) is 9.69. The predicted octanol–water partition coefficient (Wildman–Crippen LogP) is 2.64. The first-order valence-corrected chi connectivity index (χ1v) is 11.2.